The second-order valence-electron chi connectivity index (χ2n) is 6.52. The van der Waals surface area contributed by atoms with Crippen LogP contribution in [0.5, 0.6) is 0 Å². The lowest BCUT2D eigenvalue weighted by Crippen LogP contribution is -2.06. The van der Waals surface area contributed by atoms with E-state index in [0.717, 1.165) is 5.69 Å². The van der Waals surface area contributed by atoms with Crippen molar-refractivity contribution in [1.82, 2.24) is 19.7 Å². The molecule has 0 spiro atoms. The first-order valence-electron chi connectivity index (χ1n) is 8.74. The average molecular weight is 393 g/mol. The van der Waals surface area contributed by atoms with Crippen LogP contribution in [0.4, 0.5) is 5.82 Å². The molecule has 0 aliphatic carbocycles. The van der Waals surface area contributed by atoms with E-state index in [2.05, 4.69) is 32.5 Å². The van der Waals surface area contributed by atoms with Gasteiger partial charge in [-0.3, -0.25) is 4.68 Å². The molecule has 0 unspecified atom stereocenters. The first-order valence-corrected chi connectivity index (χ1v) is 10.6. The Kier molecular flexibility index (Phi) is 4.79. The number of nitrogens with zero attached hydrogens (tertiary/aromatic N) is 4. The Labute approximate surface area is 163 Å². The summed E-state index contributed by atoms with van der Waals surface area (Å²) in [6.07, 6.45) is 4.58. The summed E-state index contributed by atoms with van der Waals surface area (Å²) >= 11 is 0. The summed E-state index contributed by atoms with van der Waals surface area (Å²) in [6.45, 7) is 1.17. The Morgan fingerprint density at radius 2 is 1.86 bits per heavy atom. The van der Waals surface area contributed by atoms with Crippen LogP contribution in [0, 0.1) is 0 Å². The van der Waals surface area contributed by atoms with Crippen molar-refractivity contribution in [1.29, 1.82) is 0 Å². The molecule has 1 N–H and O–H groups in total. The molecule has 4 aromatic rings. The SMILES string of the molecule is CS(=O)(=O)c1ccc2ncnc(NCc3ccn(Cc4ccccc4)n3)c2c1. The Hall–Kier alpha value is -3.26. The largest absolute Gasteiger partial charge is 0.364 e. The Balaban J connectivity index is 1.53. The van der Waals surface area contributed by atoms with Crippen LogP contribution >= 0.6 is 0 Å². The average Bonchev–Trinajstić information content (AvgIpc) is 3.13. The van der Waals surface area contributed by atoms with Gasteiger partial charge in [0.25, 0.3) is 0 Å². The number of rotatable bonds is 6. The van der Waals surface area contributed by atoms with Crippen molar-refractivity contribution in [2.75, 3.05) is 11.6 Å². The highest BCUT2D eigenvalue weighted by atomic mass is 32.2. The quantitative estimate of drug-likeness (QED) is 0.542. The van der Waals surface area contributed by atoms with Crippen molar-refractivity contribution < 1.29 is 8.42 Å². The van der Waals surface area contributed by atoms with E-state index < -0.39 is 9.84 Å². The van der Waals surface area contributed by atoms with Gasteiger partial charge < -0.3 is 5.32 Å². The van der Waals surface area contributed by atoms with Gasteiger partial charge in [0.2, 0.25) is 0 Å². The Morgan fingerprint density at radius 3 is 2.64 bits per heavy atom. The van der Waals surface area contributed by atoms with Crippen molar-refractivity contribution in [3.63, 3.8) is 0 Å². The molecule has 2 heterocycles. The van der Waals surface area contributed by atoms with E-state index in [1.165, 1.54) is 18.1 Å². The predicted molar refractivity (Wildman–Crippen MR) is 108 cm³/mol. The molecule has 4 rings (SSSR count). The van der Waals surface area contributed by atoms with Crippen LogP contribution in [0.25, 0.3) is 10.9 Å². The van der Waals surface area contributed by atoms with Gasteiger partial charge >= 0.3 is 0 Å². The van der Waals surface area contributed by atoms with Crippen LogP contribution < -0.4 is 5.32 Å². The van der Waals surface area contributed by atoms with Gasteiger partial charge in [0.05, 0.1) is 29.2 Å². The monoisotopic (exact) mass is 393 g/mol. The molecular weight excluding hydrogens is 374 g/mol. The fourth-order valence-electron chi connectivity index (χ4n) is 2.94. The van der Waals surface area contributed by atoms with Crippen LogP contribution in [0.3, 0.4) is 0 Å². The zero-order chi connectivity index (χ0) is 19.6. The fraction of sp³-hybridized carbons (Fsp3) is 0.150. The zero-order valence-corrected chi connectivity index (χ0v) is 16.1. The summed E-state index contributed by atoms with van der Waals surface area (Å²) in [7, 11) is -3.30. The standard InChI is InChI=1S/C20H19N5O2S/c1-28(26,27)17-7-8-19-18(11-17)20(23-14-22-19)21-12-16-9-10-25(24-16)13-15-5-3-2-4-6-15/h2-11,14H,12-13H2,1H3,(H,21,22,23). The van der Waals surface area contributed by atoms with E-state index in [-0.39, 0.29) is 4.90 Å². The van der Waals surface area contributed by atoms with Crippen molar-refractivity contribution >= 4 is 26.6 Å². The van der Waals surface area contributed by atoms with Crippen LogP contribution in [0.15, 0.2) is 72.0 Å². The molecule has 0 atom stereocenters. The molecule has 0 amide bonds. The maximum Gasteiger partial charge on any atom is 0.175 e. The molecule has 0 aliphatic heterocycles. The van der Waals surface area contributed by atoms with Crippen LogP contribution in [0.2, 0.25) is 0 Å². The van der Waals surface area contributed by atoms with Gasteiger partial charge in [0, 0.05) is 17.8 Å². The zero-order valence-electron chi connectivity index (χ0n) is 15.3. The van der Waals surface area contributed by atoms with Gasteiger partial charge in [0.1, 0.15) is 12.1 Å². The van der Waals surface area contributed by atoms with Gasteiger partial charge in [-0.2, -0.15) is 5.10 Å². The Bertz CT molecular complexity index is 1220. The smallest absolute Gasteiger partial charge is 0.175 e. The van der Waals surface area contributed by atoms with E-state index >= 15 is 0 Å². The minimum absolute atomic E-state index is 0.241. The van der Waals surface area contributed by atoms with Crippen molar-refractivity contribution in [2.24, 2.45) is 0 Å². The number of benzene rings is 2. The first kappa shape index (κ1) is 18.1. The summed E-state index contributed by atoms with van der Waals surface area (Å²) < 4.78 is 25.6. The molecular formula is C20H19N5O2S. The van der Waals surface area contributed by atoms with Gasteiger partial charge in [-0.1, -0.05) is 30.3 Å². The van der Waals surface area contributed by atoms with E-state index in [1.807, 2.05) is 35.1 Å². The molecule has 0 saturated carbocycles. The van der Waals surface area contributed by atoms with Crippen molar-refractivity contribution in [3.05, 3.63) is 78.4 Å². The lowest BCUT2D eigenvalue weighted by molar-refractivity contribution is 0.602. The molecule has 0 radical (unpaired) electrons. The molecule has 7 nitrogen and oxygen atoms in total. The molecule has 142 valence electrons. The summed E-state index contributed by atoms with van der Waals surface area (Å²) in [5, 5.41) is 8.47. The molecule has 0 bridgehead atoms. The Morgan fingerprint density at radius 1 is 1.04 bits per heavy atom. The maximum atomic E-state index is 11.8. The minimum Gasteiger partial charge on any atom is -0.364 e. The highest BCUT2D eigenvalue weighted by Gasteiger charge is 2.11. The lowest BCUT2D eigenvalue weighted by atomic mass is 10.2. The molecule has 0 saturated heterocycles. The summed E-state index contributed by atoms with van der Waals surface area (Å²) in [5.74, 6) is 0.577. The topological polar surface area (TPSA) is 89.8 Å². The summed E-state index contributed by atoms with van der Waals surface area (Å²) in [6, 6.07) is 16.9. The molecule has 0 aliphatic rings. The van der Waals surface area contributed by atoms with Crippen molar-refractivity contribution in [2.45, 2.75) is 18.0 Å². The number of fused-ring (bicyclic) bond motifs is 1. The van der Waals surface area contributed by atoms with Gasteiger partial charge in [-0.05, 0) is 29.8 Å². The van der Waals surface area contributed by atoms with E-state index in [1.54, 1.807) is 18.2 Å². The number of sulfone groups is 1. The van der Waals surface area contributed by atoms with Crippen LogP contribution in [0.1, 0.15) is 11.3 Å². The van der Waals surface area contributed by atoms with Gasteiger partial charge in [-0.25, -0.2) is 18.4 Å². The number of hydrogen-bond acceptors (Lipinski definition) is 6. The number of hydrogen-bond donors (Lipinski definition) is 1. The predicted octanol–water partition coefficient (Wildman–Crippen LogP) is 2.89. The minimum atomic E-state index is -3.30. The van der Waals surface area contributed by atoms with Gasteiger partial charge in [-0.15, -0.1) is 0 Å². The highest BCUT2D eigenvalue weighted by Crippen LogP contribution is 2.23. The number of nitrogens with one attached hydrogen (secondary N) is 1. The third kappa shape index (κ3) is 4.01. The first-order chi connectivity index (χ1) is 13.5. The van der Waals surface area contributed by atoms with Crippen LogP contribution in [-0.2, 0) is 22.9 Å². The molecule has 2 aromatic heterocycles. The third-order valence-electron chi connectivity index (χ3n) is 4.36. The lowest BCUT2D eigenvalue weighted by Gasteiger charge is -2.08. The molecule has 2 aromatic carbocycles. The maximum absolute atomic E-state index is 11.8. The van der Waals surface area contributed by atoms with Crippen LogP contribution in [-0.4, -0.2) is 34.4 Å². The molecule has 28 heavy (non-hydrogen) atoms. The summed E-state index contributed by atoms with van der Waals surface area (Å²) in [4.78, 5) is 8.71. The second-order valence-corrected chi connectivity index (χ2v) is 8.53. The highest BCUT2D eigenvalue weighted by molar-refractivity contribution is 7.90. The second kappa shape index (κ2) is 7.40. The normalized spacial score (nSPS) is 11.6. The number of anilines is 1. The van der Waals surface area contributed by atoms with E-state index in [0.29, 0.717) is 29.8 Å². The van der Waals surface area contributed by atoms with E-state index in [4.69, 9.17) is 0 Å². The van der Waals surface area contributed by atoms with E-state index in [9.17, 15) is 8.42 Å². The molecule has 8 heteroatoms. The molecule has 0 fully saturated rings. The third-order valence-corrected chi connectivity index (χ3v) is 5.47. The van der Waals surface area contributed by atoms with Gasteiger partial charge in [0.15, 0.2) is 9.84 Å². The van der Waals surface area contributed by atoms with Crippen molar-refractivity contribution in [3.8, 4) is 0 Å². The number of aromatic nitrogens is 4. The fourth-order valence-corrected chi connectivity index (χ4v) is 3.59. The summed E-state index contributed by atoms with van der Waals surface area (Å²) in [5.41, 5.74) is 2.72.